The van der Waals surface area contributed by atoms with Gasteiger partial charge in [-0.1, -0.05) is 6.07 Å². The summed E-state index contributed by atoms with van der Waals surface area (Å²) in [6, 6.07) is 7.69. The second-order valence-electron chi connectivity index (χ2n) is 4.38. The smallest absolute Gasteiger partial charge is 0.123 e. The van der Waals surface area contributed by atoms with Crippen LogP contribution in [0, 0.1) is 6.92 Å². The first-order chi connectivity index (χ1) is 8.61. The van der Waals surface area contributed by atoms with Crippen LogP contribution in [0.15, 0.2) is 30.5 Å². The Hall–Kier alpha value is -1.81. The van der Waals surface area contributed by atoms with Crippen LogP contribution >= 0.6 is 0 Å². The summed E-state index contributed by atoms with van der Waals surface area (Å²) in [6.45, 7) is 4.41. The van der Waals surface area contributed by atoms with Crippen LogP contribution in [0.3, 0.4) is 0 Å². The molecule has 1 atom stereocenters. The van der Waals surface area contributed by atoms with Crippen LogP contribution in [0.2, 0.25) is 0 Å². The Labute approximate surface area is 107 Å². The zero-order chi connectivity index (χ0) is 13.1. The molecule has 18 heavy (non-hydrogen) atoms. The third kappa shape index (κ3) is 2.54. The lowest BCUT2D eigenvalue weighted by atomic mass is 10.1. The summed E-state index contributed by atoms with van der Waals surface area (Å²) in [5.74, 6) is 0.814. The van der Waals surface area contributed by atoms with Crippen LogP contribution < -0.4 is 4.74 Å². The largest absolute Gasteiger partial charge is 0.496 e. The fraction of sp³-hybridized carbons (Fsp3) is 0.357. The van der Waals surface area contributed by atoms with Gasteiger partial charge >= 0.3 is 0 Å². The molecule has 96 valence electrons. The van der Waals surface area contributed by atoms with Crippen molar-refractivity contribution in [2.24, 2.45) is 0 Å². The van der Waals surface area contributed by atoms with Gasteiger partial charge in [-0.05, 0) is 37.6 Å². The van der Waals surface area contributed by atoms with Crippen LogP contribution in [0.4, 0.5) is 0 Å². The first kappa shape index (κ1) is 12.6. The molecular weight excluding hydrogens is 228 g/mol. The monoisotopic (exact) mass is 246 g/mol. The lowest BCUT2D eigenvalue weighted by Gasteiger charge is -2.13. The van der Waals surface area contributed by atoms with Crippen molar-refractivity contribution < 1.29 is 9.84 Å². The Balaban J connectivity index is 2.35. The van der Waals surface area contributed by atoms with Gasteiger partial charge in [0.25, 0.3) is 0 Å². The van der Waals surface area contributed by atoms with Crippen LogP contribution in [-0.4, -0.2) is 22.0 Å². The van der Waals surface area contributed by atoms with Gasteiger partial charge in [-0.3, -0.25) is 4.68 Å². The van der Waals surface area contributed by atoms with Crippen LogP contribution in [0.25, 0.3) is 0 Å². The van der Waals surface area contributed by atoms with E-state index in [1.54, 1.807) is 20.2 Å². The van der Waals surface area contributed by atoms with Gasteiger partial charge in [-0.2, -0.15) is 5.10 Å². The number of rotatable bonds is 4. The van der Waals surface area contributed by atoms with Gasteiger partial charge in [0.1, 0.15) is 5.75 Å². The Morgan fingerprint density at radius 2 is 2.17 bits per heavy atom. The summed E-state index contributed by atoms with van der Waals surface area (Å²) >= 11 is 0. The van der Waals surface area contributed by atoms with Crippen molar-refractivity contribution in [3.8, 4) is 5.75 Å². The van der Waals surface area contributed by atoms with Crippen molar-refractivity contribution in [1.29, 1.82) is 0 Å². The third-order valence-electron chi connectivity index (χ3n) is 3.04. The van der Waals surface area contributed by atoms with Gasteiger partial charge in [-0.25, -0.2) is 0 Å². The lowest BCUT2D eigenvalue weighted by molar-refractivity contribution is 0.199. The molecule has 1 N–H and O–H groups in total. The van der Waals surface area contributed by atoms with Crippen LogP contribution in [-0.2, 0) is 6.54 Å². The molecule has 0 aliphatic carbocycles. The fourth-order valence-corrected chi connectivity index (χ4v) is 1.91. The highest BCUT2D eigenvalue weighted by Gasteiger charge is 2.09. The molecule has 1 heterocycles. The van der Waals surface area contributed by atoms with Gasteiger partial charge in [-0.15, -0.1) is 0 Å². The minimum Gasteiger partial charge on any atom is -0.496 e. The summed E-state index contributed by atoms with van der Waals surface area (Å²) in [7, 11) is 1.65. The minimum absolute atomic E-state index is 0.478. The Bertz CT molecular complexity index is 532. The molecule has 0 radical (unpaired) electrons. The number of nitrogens with zero attached hydrogens (tertiary/aromatic N) is 2. The summed E-state index contributed by atoms with van der Waals surface area (Å²) < 4.78 is 7.25. The molecule has 0 saturated carbocycles. The molecule has 0 aliphatic rings. The highest BCUT2D eigenvalue weighted by Crippen LogP contribution is 2.24. The second kappa shape index (κ2) is 5.23. The predicted octanol–water partition coefficient (Wildman–Crippen LogP) is 2.30. The number of aryl methyl sites for hydroxylation is 1. The molecule has 0 amide bonds. The first-order valence-corrected chi connectivity index (χ1v) is 5.95. The van der Waals surface area contributed by atoms with Crippen molar-refractivity contribution in [2.75, 3.05) is 7.11 Å². The molecule has 1 aromatic carbocycles. The van der Waals surface area contributed by atoms with Gasteiger partial charge < -0.3 is 9.84 Å². The maximum Gasteiger partial charge on any atom is 0.123 e. The number of hydrogen-bond donors (Lipinski definition) is 1. The molecule has 1 unspecified atom stereocenters. The highest BCUT2D eigenvalue weighted by molar-refractivity contribution is 5.38. The van der Waals surface area contributed by atoms with E-state index < -0.39 is 6.10 Å². The molecule has 0 bridgehead atoms. The Morgan fingerprint density at radius 3 is 2.72 bits per heavy atom. The van der Waals surface area contributed by atoms with Gasteiger partial charge in [0.2, 0.25) is 0 Å². The number of aliphatic hydroxyl groups excluding tert-OH is 1. The molecule has 2 aromatic rings. The zero-order valence-corrected chi connectivity index (χ0v) is 10.9. The summed E-state index contributed by atoms with van der Waals surface area (Å²) in [5, 5.41) is 13.9. The summed E-state index contributed by atoms with van der Waals surface area (Å²) in [6.07, 6.45) is 1.30. The zero-order valence-electron chi connectivity index (χ0n) is 10.9. The first-order valence-electron chi connectivity index (χ1n) is 5.95. The van der Waals surface area contributed by atoms with E-state index in [0.29, 0.717) is 6.54 Å². The Kier molecular flexibility index (Phi) is 3.67. The normalized spacial score (nSPS) is 12.4. The standard InChI is InChI=1S/C14H18N2O2/c1-10-6-7-15-16(10)9-13-8-12(11(2)17)4-5-14(13)18-3/h4-8,11,17H,9H2,1-3H3. The van der Waals surface area contributed by atoms with Gasteiger partial charge in [0.05, 0.1) is 19.8 Å². The molecule has 0 spiro atoms. The number of hydrogen-bond acceptors (Lipinski definition) is 3. The number of methoxy groups -OCH3 is 1. The van der Waals surface area contributed by atoms with E-state index in [2.05, 4.69) is 5.10 Å². The van der Waals surface area contributed by atoms with Crippen molar-refractivity contribution in [3.05, 3.63) is 47.3 Å². The van der Waals surface area contributed by atoms with Gasteiger partial charge in [0, 0.05) is 17.5 Å². The molecular formula is C14H18N2O2. The summed E-state index contributed by atoms with van der Waals surface area (Å²) in [5.41, 5.74) is 3.00. The van der Waals surface area contributed by atoms with E-state index in [1.807, 2.05) is 35.9 Å². The number of aliphatic hydroxyl groups is 1. The second-order valence-corrected chi connectivity index (χ2v) is 4.38. The van der Waals surface area contributed by atoms with E-state index in [1.165, 1.54) is 0 Å². The SMILES string of the molecule is COc1ccc(C(C)O)cc1Cn1nccc1C. The minimum atomic E-state index is -0.478. The van der Waals surface area contributed by atoms with Crippen LogP contribution in [0.1, 0.15) is 29.8 Å². The maximum absolute atomic E-state index is 9.63. The predicted molar refractivity (Wildman–Crippen MR) is 69.7 cm³/mol. The van der Waals surface area contributed by atoms with Crippen LogP contribution in [0.5, 0.6) is 5.75 Å². The molecule has 4 heteroatoms. The van der Waals surface area contributed by atoms with E-state index in [0.717, 1.165) is 22.6 Å². The molecule has 2 rings (SSSR count). The molecule has 0 fully saturated rings. The van der Waals surface area contributed by atoms with Crippen molar-refractivity contribution in [1.82, 2.24) is 9.78 Å². The maximum atomic E-state index is 9.63. The Morgan fingerprint density at radius 1 is 1.39 bits per heavy atom. The van der Waals surface area contributed by atoms with Crippen molar-refractivity contribution in [3.63, 3.8) is 0 Å². The van der Waals surface area contributed by atoms with E-state index in [4.69, 9.17) is 4.74 Å². The number of aromatic nitrogens is 2. The van der Waals surface area contributed by atoms with Gasteiger partial charge in [0.15, 0.2) is 0 Å². The molecule has 0 saturated heterocycles. The molecule has 1 aromatic heterocycles. The molecule has 4 nitrogen and oxygen atoms in total. The van der Waals surface area contributed by atoms with Crippen molar-refractivity contribution in [2.45, 2.75) is 26.5 Å². The molecule has 0 aliphatic heterocycles. The lowest BCUT2D eigenvalue weighted by Crippen LogP contribution is -2.06. The van der Waals surface area contributed by atoms with E-state index in [9.17, 15) is 5.11 Å². The highest BCUT2D eigenvalue weighted by atomic mass is 16.5. The summed E-state index contributed by atoms with van der Waals surface area (Å²) in [4.78, 5) is 0. The topological polar surface area (TPSA) is 47.3 Å². The quantitative estimate of drug-likeness (QED) is 0.900. The fourth-order valence-electron chi connectivity index (χ4n) is 1.91. The average molecular weight is 246 g/mol. The third-order valence-corrected chi connectivity index (χ3v) is 3.04. The average Bonchev–Trinajstić information content (AvgIpc) is 2.75. The van der Waals surface area contributed by atoms with Crippen molar-refractivity contribution >= 4 is 0 Å². The van der Waals surface area contributed by atoms with E-state index in [-0.39, 0.29) is 0 Å². The number of benzene rings is 1. The van der Waals surface area contributed by atoms with E-state index >= 15 is 0 Å². The number of ether oxygens (including phenoxy) is 1.